The third-order valence-electron chi connectivity index (χ3n) is 4.48. The van der Waals surface area contributed by atoms with Gasteiger partial charge in [-0.25, -0.2) is 4.39 Å². The number of piperidine rings is 1. The van der Waals surface area contributed by atoms with Gasteiger partial charge in [-0.1, -0.05) is 6.07 Å². The number of rotatable bonds is 5. The van der Waals surface area contributed by atoms with Crippen molar-refractivity contribution >= 4 is 29.9 Å². The summed E-state index contributed by atoms with van der Waals surface area (Å²) in [6.45, 7) is 3.81. The van der Waals surface area contributed by atoms with E-state index >= 15 is 0 Å². The maximum atomic E-state index is 13.8. The summed E-state index contributed by atoms with van der Waals surface area (Å²) in [5.74, 6) is 1.41. The highest BCUT2D eigenvalue weighted by Gasteiger charge is 2.18. The zero-order valence-corrected chi connectivity index (χ0v) is 17.9. The Morgan fingerprint density at radius 2 is 2.24 bits per heavy atom. The number of ether oxygens (including phenoxy) is 1. The molecule has 1 unspecified atom stereocenters. The second-order valence-electron chi connectivity index (χ2n) is 6.52. The summed E-state index contributed by atoms with van der Waals surface area (Å²) in [7, 11) is 7.38. The summed E-state index contributed by atoms with van der Waals surface area (Å²) >= 11 is 0. The van der Waals surface area contributed by atoms with Crippen LogP contribution in [-0.2, 0) is 6.54 Å². The second-order valence-corrected chi connectivity index (χ2v) is 6.52. The molecule has 2 rings (SSSR count). The zero-order chi connectivity index (χ0) is 17.5. The van der Waals surface area contributed by atoms with Gasteiger partial charge < -0.3 is 19.9 Å². The molecule has 25 heavy (non-hydrogen) atoms. The van der Waals surface area contributed by atoms with E-state index in [1.807, 2.05) is 18.0 Å². The number of benzene rings is 1. The van der Waals surface area contributed by atoms with E-state index in [-0.39, 0.29) is 35.5 Å². The van der Waals surface area contributed by atoms with Crippen LogP contribution in [0.1, 0.15) is 18.4 Å². The number of nitrogens with zero attached hydrogens (tertiary/aromatic N) is 3. The molecule has 0 aliphatic carbocycles. The number of hydrogen-bond donors (Lipinski definition) is 1. The van der Waals surface area contributed by atoms with Gasteiger partial charge in [-0.15, -0.1) is 24.0 Å². The molecule has 1 aliphatic heterocycles. The quantitative estimate of drug-likeness (QED) is 0.414. The van der Waals surface area contributed by atoms with Crippen LogP contribution in [0.25, 0.3) is 0 Å². The Hall–Kier alpha value is -1.09. The highest BCUT2D eigenvalue weighted by atomic mass is 127. The number of likely N-dealkylation sites (tertiary alicyclic amines) is 1. The Bertz CT molecular complexity index is 570. The smallest absolute Gasteiger partial charge is 0.193 e. The lowest BCUT2D eigenvalue weighted by Gasteiger charge is -2.31. The van der Waals surface area contributed by atoms with Crippen LogP contribution in [0.2, 0.25) is 0 Å². The van der Waals surface area contributed by atoms with Gasteiger partial charge in [0.1, 0.15) is 0 Å². The highest BCUT2D eigenvalue weighted by molar-refractivity contribution is 14.0. The predicted molar refractivity (Wildman–Crippen MR) is 111 cm³/mol. The van der Waals surface area contributed by atoms with Gasteiger partial charge in [-0.3, -0.25) is 4.99 Å². The minimum atomic E-state index is -0.336. The number of halogens is 2. The molecule has 1 N–H and O–H groups in total. The van der Waals surface area contributed by atoms with Crippen LogP contribution in [0.5, 0.6) is 5.75 Å². The number of guanidine groups is 1. The SMILES string of the molecule is CN=C(NCC1CCCN(C)C1)N(C)Cc1ccc(OC)c(F)c1.I. The van der Waals surface area contributed by atoms with Crippen molar-refractivity contribution in [2.45, 2.75) is 19.4 Å². The Kier molecular flexibility index (Phi) is 9.48. The summed E-state index contributed by atoms with van der Waals surface area (Å²) in [5, 5.41) is 3.45. The number of hydrogen-bond acceptors (Lipinski definition) is 3. The van der Waals surface area contributed by atoms with E-state index in [1.165, 1.54) is 32.6 Å². The van der Waals surface area contributed by atoms with Gasteiger partial charge in [-0.2, -0.15) is 0 Å². The third kappa shape index (κ3) is 6.62. The minimum Gasteiger partial charge on any atom is -0.494 e. The van der Waals surface area contributed by atoms with Gasteiger partial charge in [0, 0.05) is 33.7 Å². The first kappa shape index (κ1) is 22.0. The third-order valence-corrected chi connectivity index (χ3v) is 4.48. The molecule has 0 spiro atoms. The van der Waals surface area contributed by atoms with Gasteiger partial charge in [-0.05, 0) is 50.0 Å². The molecule has 1 aromatic rings. The van der Waals surface area contributed by atoms with E-state index in [2.05, 4.69) is 22.3 Å². The molecule has 1 aliphatic rings. The van der Waals surface area contributed by atoms with E-state index < -0.39 is 0 Å². The second kappa shape index (κ2) is 10.8. The molecule has 5 nitrogen and oxygen atoms in total. The van der Waals surface area contributed by atoms with Crippen molar-refractivity contribution in [1.82, 2.24) is 15.1 Å². The van der Waals surface area contributed by atoms with E-state index in [0.29, 0.717) is 12.5 Å². The first-order valence-electron chi connectivity index (χ1n) is 8.46. The summed E-state index contributed by atoms with van der Waals surface area (Å²) in [4.78, 5) is 8.73. The average molecular weight is 464 g/mol. The Labute approximate surface area is 167 Å². The molecule has 1 aromatic carbocycles. The lowest BCUT2D eigenvalue weighted by molar-refractivity contribution is 0.209. The largest absolute Gasteiger partial charge is 0.494 e. The van der Waals surface area contributed by atoms with Gasteiger partial charge in [0.25, 0.3) is 0 Å². The molecule has 0 saturated carbocycles. The van der Waals surface area contributed by atoms with E-state index in [1.54, 1.807) is 13.1 Å². The predicted octanol–water partition coefficient (Wildman–Crippen LogP) is 2.80. The number of aliphatic imine (C=N–C) groups is 1. The maximum Gasteiger partial charge on any atom is 0.193 e. The highest BCUT2D eigenvalue weighted by Crippen LogP contribution is 2.18. The number of nitrogens with one attached hydrogen (secondary N) is 1. The van der Waals surface area contributed by atoms with E-state index in [9.17, 15) is 4.39 Å². The van der Waals surface area contributed by atoms with Crippen molar-refractivity contribution in [1.29, 1.82) is 0 Å². The van der Waals surface area contributed by atoms with E-state index in [4.69, 9.17) is 4.74 Å². The van der Waals surface area contributed by atoms with Gasteiger partial charge in [0.15, 0.2) is 17.5 Å². The summed E-state index contributed by atoms with van der Waals surface area (Å²) in [6.07, 6.45) is 2.50. The Balaban J connectivity index is 0.00000312. The Morgan fingerprint density at radius 1 is 1.48 bits per heavy atom. The fourth-order valence-corrected chi connectivity index (χ4v) is 3.22. The molecule has 142 valence electrons. The van der Waals surface area contributed by atoms with Gasteiger partial charge >= 0.3 is 0 Å². The lowest BCUT2D eigenvalue weighted by atomic mass is 9.98. The molecule has 0 bridgehead atoms. The molecule has 7 heteroatoms. The van der Waals surface area contributed by atoms with Crippen LogP contribution in [0.15, 0.2) is 23.2 Å². The molecule has 0 amide bonds. The van der Waals surface area contributed by atoms with Crippen molar-refractivity contribution in [3.05, 3.63) is 29.6 Å². The molecule has 1 heterocycles. The van der Waals surface area contributed by atoms with Gasteiger partial charge in [0.05, 0.1) is 7.11 Å². The monoisotopic (exact) mass is 464 g/mol. The van der Waals surface area contributed by atoms with Crippen LogP contribution in [0.4, 0.5) is 4.39 Å². The standard InChI is InChI=1S/C18H29FN4O.HI/c1-20-18(21-11-15-6-5-9-22(2)12-15)23(3)13-14-7-8-17(24-4)16(19)10-14;/h7-8,10,15H,5-6,9,11-13H2,1-4H3,(H,20,21);1H. The molecular weight excluding hydrogens is 434 g/mol. The van der Waals surface area contributed by atoms with Crippen LogP contribution < -0.4 is 10.1 Å². The van der Waals surface area contributed by atoms with Crippen molar-refractivity contribution in [2.75, 3.05) is 47.9 Å². The molecule has 0 radical (unpaired) electrons. The van der Waals surface area contributed by atoms with Crippen LogP contribution in [0.3, 0.4) is 0 Å². The first-order valence-corrected chi connectivity index (χ1v) is 8.46. The summed E-state index contributed by atoms with van der Waals surface area (Å²) in [5.41, 5.74) is 0.885. The fraction of sp³-hybridized carbons (Fsp3) is 0.611. The van der Waals surface area contributed by atoms with Crippen LogP contribution in [-0.4, -0.2) is 63.6 Å². The van der Waals surface area contributed by atoms with Crippen molar-refractivity contribution in [3.63, 3.8) is 0 Å². The zero-order valence-electron chi connectivity index (χ0n) is 15.6. The summed E-state index contributed by atoms with van der Waals surface area (Å²) in [6, 6.07) is 5.05. The topological polar surface area (TPSA) is 40.1 Å². The van der Waals surface area contributed by atoms with E-state index in [0.717, 1.165) is 24.6 Å². The lowest BCUT2D eigenvalue weighted by Crippen LogP contribution is -2.44. The van der Waals surface area contributed by atoms with Crippen LogP contribution >= 0.6 is 24.0 Å². The van der Waals surface area contributed by atoms with Crippen molar-refractivity contribution in [3.8, 4) is 5.75 Å². The molecule has 1 fully saturated rings. The molecule has 1 atom stereocenters. The fourth-order valence-electron chi connectivity index (χ4n) is 3.22. The average Bonchev–Trinajstić information content (AvgIpc) is 2.55. The van der Waals surface area contributed by atoms with Crippen LogP contribution in [0, 0.1) is 11.7 Å². The minimum absolute atomic E-state index is 0. The van der Waals surface area contributed by atoms with Crippen molar-refractivity contribution in [2.24, 2.45) is 10.9 Å². The maximum absolute atomic E-state index is 13.8. The first-order chi connectivity index (χ1) is 11.5. The normalized spacial score (nSPS) is 18.4. The molecule has 1 saturated heterocycles. The Morgan fingerprint density at radius 3 is 2.84 bits per heavy atom. The molecular formula is C18H30FIN4O. The van der Waals surface area contributed by atoms with Gasteiger partial charge in [0.2, 0.25) is 0 Å². The van der Waals surface area contributed by atoms with Crippen molar-refractivity contribution < 1.29 is 9.13 Å². The molecule has 0 aromatic heterocycles. The summed E-state index contributed by atoms with van der Waals surface area (Å²) < 4.78 is 18.8. The number of methoxy groups -OCH3 is 1.